The summed E-state index contributed by atoms with van der Waals surface area (Å²) in [6, 6.07) is 19.4. The average molecular weight is 951 g/mol. The number of aliphatic hydroxyl groups excluding tert-OH is 1. The highest BCUT2D eigenvalue weighted by Gasteiger charge is 2.30. The molecule has 8 heterocycles. The number of amides is 2. The van der Waals surface area contributed by atoms with Gasteiger partial charge in [-0.25, -0.2) is 23.0 Å². The summed E-state index contributed by atoms with van der Waals surface area (Å²) in [5, 5.41) is 40.4. The number of piperazine rings is 2. The number of aliphatic hydroxyl groups is 2. The van der Waals surface area contributed by atoms with Gasteiger partial charge in [-0.3, -0.25) is 9.36 Å². The average Bonchev–Trinajstić information content (AvgIpc) is 4.20. The number of aromatic nitrogens is 8. The Kier molecular flexibility index (Phi) is 12.5. The zero-order chi connectivity index (χ0) is 48.7. The van der Waals surface area contributed by atoms with Crippen LogP contribution in [0.15, 0.2) is 116 Å². The SMILES string of the molecule is CC(OC(=O)N1CCN(c2cnn3cc(-c4cnn(C)c4)ccc23)CC1)c1ccc(C(C)(O)Cc2cc(C(O)COC(=O)N3CCN(c4cnn5cc(-c6cnn(C)c6)ccc45)CC3)ccc2F)cc1. The third-order valence-electron chi connectivity index (χ3n) is 13.5. The lowest BCUT2D eigenvalue weighted by Gasteiger charge is -2.35. The van der Waals surface area contributed by atoms with Crippen LogP contribution in [0.5, 0.6) is 0 Å². The second-order valence-electron chi connectivity index (χ2n) is 18.4. The standard InChI is InChI=1S/C51H55FN12O6/c1-34(70-50(67)62-21-17-60(18-22-62)47-28-56-64-32-38(9-14-45(47)64)41-26-54-58(4)30-41)35-5-10-42(11-6-35)51(2,68)24-39-23-36(7-12-43(39)52)48(65)33-69-49(66)61-19-15-59(16-20-61)46-27-55-63-31-37(8-13-44(46)63)40-25-53-57(3)29-40/h5-14,23,25-32,34,48,65,68H,15-22,24,33H2,1-4H3. The molecule has 362 valence electrons. The van der Waals surface area contributed by atoms with Gasteiger partial charge in [-0.2, -0.15) is 20.4 Å². The molecular weight excluding hydrogens is 896 g/mol. The number of rotatable bonds is 12. The highest BCUT2D eigenvalue weighted by atomic mass is 19.1. The van der Waals surface area contributed by atoms with Crippen LogP contribution in [-0.2, 0) is 35.6 Å². The number of carbonyl (C=O) groups excluding carboxylic acids is 2. The van der Waals surface area contributed by atoms with Gasteiger partial charge in [0.05, 0.1) is 52.8 Å². The monoisotopic (exact) mass is 950 g/mol. The molecule has 19 heteroatoms. The van der Waals surface area contributed by atoms with E-state index in [9.17, 15) is 19.8 Å². The summed E-state index contributed by atoms with van der Waals surface area (Å²) in [5.74, 6) is -0.543. The Morgan fingerprint density at radius 3 is 1.69 bits per heavy atom. The maximum Gasteiger partial charge on any atom is 0.410 e. The van der Waals surface area contributed by atoms with Gasteiger partial charge in [0.25, 0.3) is 0 Å². The second kappa shape index (κ2) is 19.0. The fraction of sp³-hybridized carbons (Fsp3) is 0.333. The Bertz CT molecular complexity index is 3160. The van der Waals surface area contributed by atoms with E-state index in [0.29, 0.717) is 63.5 Å². The van der Waals surface area contributed by atoms with Crippen molar-refractivity contribution in [2.24, 2.45) is 14.1 Å². The summed E-state index contributed by atoms with van der Waals surface area (Å²) in [6.45, 7) is 7.25. The van der Waals surface area contributed by atoms with E-state index >= 15 is 4.39 Å². The number of carbonyl (C=O) groups is 2. The fourth-order valence-electron chi connectivity index (χ4n) is 9.33. The maximum atomic E-state index is 15.3. The quantitative estimate of drug-likeness (QED) is 0.138. The summed E-state index contributed by atoms with van der Waals surface area (Å²) in [6.07, 6.45) is 12.4. The van der Waals surface area contributed by atoms with Crippen molar-refractivity contribution in [3.63, 3.8) is 0 Å². The maximum absolute atomic E-state index is 15.3. The second-order valence-corrected chi connectivity index (χ2v) is 18.4. The van der Waals surface area contributed by atoms with Crippen molar-refractivity contribution in [2.45, 2.75) is 38.1 Å². The number of nitrogens with zero attached hydrogens (tertiary/aromatic N) is 12. The molecule has 0 saturated carbocycles. The third-order valence-corrected chi connectivity index (χ3v) is 13.5. The molecule has 2 fully saturated rings. The van der Waals surface area contributed by atoms with Crippen molar-refractivity contribution in [3.8, 4) is 22.3 Å². The van der Waals surface area contributed by atoms with E-state index in [1.165, 1.54) is 18.2 Å². The first-order valence-electron chi connectivity index (χ1n) is 23.4. The molecule has 18 nitrogen and oxygen atoms in total. The molecule has 3 unspecified atom stereocenters. The van der Waals surface area contributed by atoms with Crippen LogP contribution in [0.4, 0.5) is 25.4 Å². The Morgan fingerprint density at radius 1 is 0.657 bits per heavy atom. The van der Waals surface area contributed by atoms with E-state index < -0.39 is 35.8 Å². The molecule has 2 saturated heterocycles. The molecular formula is C51H55FN12O6. The van der Waals surface area contributed by atoms with E-state index in [1.54, 1.807) is 57.3 Å². The van der Waals surface area contributed by atoms with E-state index in [0.717, 1.165) is 50.2 Å². The topological polar surface area (TPSA) is 176 Å². The van der Waals surface area contributed by atoms with Crippen LogP contribution < -0.4 is 9.80 Å². The van der Waals surface area contributed by atoms with Gasteiger partial charge in [-0.15, -0.1) is 0 Å². The molecule has 2 aliphatic rings. The van der Waals surface area contributed by atoms with Crippen LogP contribution in [0, 0.1) is 5.82 Å². The van der Waals surface area contributed by atoms with Crippen molar-refractivity contribution >= 4 is 34.6 Å². The lowest BCUT2D eigenvalue weighted by molar-refractivity contribution is 0.0459. The zero-order valence-corrected chi connectivity index (χ0v) is 39.5. The normalized spacial score (nSPS) is 16.2. The van der Waals surface area contributed by atoms with Crippen molar-refractivity contribution in [1.82, 2.24) is 48.6 Å². The first-order valence-corrected chi connectivity index (χ1v) is 23.4. The molecule has 2 aliphatic heterocycles. The number of fused-ring (bicyclic) bond motifs is 2. The van der Waals surface area contributed by atoms with Crippen LogP contribution in [0.25, 0.3) is 33.3 Å². The molecule has 3 atom stereocenters. The molecule has 8 aromatic rings. The van der Waals surface area contributed by atoms with Crippen molar-refractivity contribution in [2.75, 3.05) is 68.8 Å². The Balaban J connectivity index is 0.684. The van der Waals surface area contributed by atoms with E-state index in [1.807, 2.05) is 84.8 Å². The minimum Gasteiger partial charge on any atom is -0.446 e. The summed E-state index contributed by atoms with van der Waals surface area (Å²) in [7, 11) is 3.77. The van der Waals surface area contributed by atoms with Crippen LogP contribution in [-0.4, -0.2) is 130 Å². The minimum absolute atomic E-state index is 0.0978. The first-order chi connectivity index (χ1) is 33.8. The van der Waals surface area contributed by atoms with Crippen LogP contribution >= 0.6 is 0 Å². The Hall–Kier alpha value is -7.77. The summed E-state index contributed by atoms with van der Waals surface area (Å²) in [5.41, 5.74) is 8.25. The molecule has 10 rings (SSSR count). The van der Waals surface area contributed by atoms with Crippen LogP contribution in [0.3, 0.4) is 0 Å². The number of halogens is 1. The van der Waals surface area contributed by atoms with Gasteiger partial charge in [-0.1, -0.05) is 48.5 Å². The van der Waals surface area contributed by atoms with Gasteiger partial charge in [-0.05, 0) is 54.3 Å². The van der Waals surface area contributed by atoms with Gasteiger partial charge in [0.15, 0.2) is 0 Å². The van der Waals surface area contributed by atoms with E-state index in [4.69, 9.17) is 9.47 Å². The van der Waals surface area contributed by atoms with Crippen molar-refractivity contribution in [1.29, 1.82) is 0 Å². The minimum atomic E-state index is -1.49. The fourth-order valence-corrected chi connectivity index (χ4v) is 9.33. The van der Waals surface area contributed by atoms with Crippen molar-refractivity contribution in [3.05, 3.63) is 144 Å². The first kappa shape index (κ1) is 46.0. The Morgan fingerprint density at radius 2 is 1.17 bits per heavy atom. The predicted octanol–water partition coefficient (Wildman–Crippen LogP) is 6.38. The zero-order valence-electron chi connectivity index (χ0n) is 39.5. The highest BCUT2D eigenvalue weighted by molar-refractivity contribution is 5.77. The number of ether oxygens (including phenoxy) is 2. The molecule has 2 aromatic carbocycles. The van der Waals surface area contributed by atoms with Gasteiger partial charge >= 0.3 is 12.2 Å². The number of anilines is 2. The van der Waals surface area contributed by atoms with E-state index in [-0.39, 0.29) is 18.6 Å². The number of benzene rings is 2. The van der Waals surface area contributed by atoms with Gasteiger partial charge < -0.3 is 39.3 Å². The largest absolute Gasteiger partial charge is 0.446 e. The molecule has 0 radical (unpaired) electrons. The summed E-state index contributed by atoms with van der Waals surface area (Å²) >= 11 is 0. The van der Waals surface area contributed by atoms with Crippen LogP contribution in [0.1, 0.15) is 48.3 Å². The number of hydrogen-bond donors (Lipinski definition) is 2. The van der Waals surface area contributed by atoms with Gasteiger partial charge in [0.1, 0.15) is 24.6 Å². The highest BCUT2D eigenvalue weighted by Crippen LogP contribution is 2.32. The van der Waals surface area contributed by atoms with Gasteiger partial charge in [0.2, 0.25) is 0 Å². The molecule has 70 heavy (non-hydrogen) atoms. The number of pyridine rings is 2. The lowest BCUT2D eigenvalue weighted by Crippen LogP contribution is -2.49. The Labute approximate surface area is 403 Å². The molecule has 2 N–H and O–H groups in total. The lowest BCUT2D eigenvalue weighted by atomic mass is 9.87. The smallest absolute Gasteiger partial charge is 0.410 e. The molecule has 2 amide bonds. The number of aryl methyl sites for hydroxylation is 2. The van der Waals surface area contributed by atoms with Crippen molar-refractivity contribution < 1.29 is 33.7 Å². The van der Waals surface area contributed by atoms with E-state index in [2.05, 4.69) is 42.3 Å². The third kappa shape index (κ3) is 9.49. The molecule has 0 bridgehead atoms. The molecule has 0 spiro atoms. The summed E-state index contributed by atoms with van der Waals surface area (Å²) < 4.78 is 33.9. The summed E-state index contributed by atoms with van der Waals surface area (Å²) in [4.78, 5) is 34.1. The molecule has 6 aromatic heterocycles. The number of hydrogen-bond acceptors (Lipinski definition) is 12. The van der Waals surface area contributed by atoms with Crippen LogP contribution in [0.2, 0.25) is 0 Å². The van der Waals surface area contributed by atoms with Gasteiger partial charge in [0, 0.05) is 120 Å². The molecule has 0 aliphatic carbocycles. The predicted molar refractivity (Wildman–Crippen MR) is 260 cm³/mol.